The van der Waals surface area contributed by atoms with Crippen LogP contribution in [-0.4, -0.2) is 21.8 Å². The van der Waals surface area contributed by atoms with Crippen LogP contribution in [0.25, 0.3) is 0 Å². The quantitative estimate of drug-likeness (QED) is 0.769. The van der Waals surface area contributed by atoms with Gasteiger partial charge in [0, 0.05) is 42.7 Å². The summed E-state index contributed by atoms with van der Waals surface area (Å²) < 4.78 is 0. The zero-order valence-corrected chi connectivity index (χ0v) is 13.4. The third-order valence-electron chi connectivity index (χ3n) is 5.26. The van der Waals surface area contributed by atoms with E-state index in [4.69, 9.17) is 0 Å². The maximum absolute atomic E-state index is 12.5. The number of rotatable bonds is 3. The maximum Gasteiger partial charge on any atom is 0.162 e. The summed E-state index contributed by atoms with van der Waals surface area (Å²) in [5, 5.41) is 20.7. The topological polar surface area (TPSA) is 74.6 Å². The van der Waals surface area contributed by atoms with Crippen molar-refractivity contribution in [3.8, 4) is 0 Å². The van der Waals surface area contributed by atoms with E-state index in [1.54, 1.807) is 0 Å². The minimum absolute atomic E-state index is 0.0630. The molecule has 23 heavy (non-hydrogen) atoms. The van der Waals surface area contributed by atoms with Gasteiger partial charge in [-0.05, 0) is 38.0 Å². The molecule has 0 bridgehead atoms. The third-order valence-corrected chi connectivity index (χ3v) is 5.26. The second-order valence-electron chi connectivity index (χ2n) is 6.80. The number of hydrogen-bond acceptors (Lipinski definition) is 4. The molecule has 0 aliphatic heterocycles. The lowest BCUT2D eigenvalue weighted by Crippen LogP contribution is -2.32. The van der Waals surface area contributed by atoms with Gasteiger partial charge < -0.3 is 10.2 Å². The fourth-order valence-corrected chi connectivity index (χ4v) is 4.13. The molecule has 0 radical (unpaired) electrons. The van der Waals surface area contributed by atoms with Crippen LogP contribution in [0.5, 0.6) is 0 Å². The van der Waals surface area contributed by atoms with Crippen molar-refractivity contribution in [1.82, 2.24) is 0 Å². The number of allylic oxidation sites excluding steroid dienone is 6. The second-order valence-corrected chi connectivity index (χ2v) is 6.80. The van der Waals surface area contributed by atoms with Crippen LogP contribution in [0.3, 0.4) is 0 Å². The number of hydrogen-bond donors (Lipinski definition) is 2. The van der Waals surface area contributed by atoms with Gasteiger partial charge in [-0.2, -0.15) is 0 Å². The molecule has 2 N–H and O–H groups in total. The van der Waals surface area contributed by atoms with Gasteiger partial charge in [0.25, 0.3) is 0 Å². The van der Waals surface area contributed by atoms with Gasteiger partial charge in [-0.15, -0.1) is 0 Å². The Morgan fingerprint density at radius 1 is 0.870 bits per heavy atom. The van der Waals surface area contributed by atoms with E-state index in [1.807, 2.05) is 0 Å². The fraction of sp³-hybridized carbons (Fsp3) is 0.579. The molecule has 3 rings (SSSR count). The fourth-order valence-electron chi connectivity index (χ4n) is 4.13. The zero-order valence-electron chi connectivity index (χ0n) is 13.4. The number of carbonyl (C=O) groups excluding carboxylic acids is 2. The largest absolute Gasteiger partial charge is 0.512 e. The predicted molar refractivity (Wildman–Crippen MR) is 87.0 cm³/mol. The van der Waals surface area contributed by atoms with E-state index in [-0.39, 0.29) is 29.0 Å². The second kappa shape index (κ2) is 6.73. The van der Waals surface area contributed by atoms with Crippen LogP contribution in [-0.2, 0) is 9.59 Å². The van der Waals surface area contributed by atoms with E-state index in [0.29, 0.717) is 49.7 Å². The van der Waals surface area contributed by atoms with E-state index in [1.165, 1.54) is 0 Å². The summed E-state index contributed by atoms with van der Waals surface area (Å²) in [6.07, 6.45) is 9.87. The average Bonchev–Trinajstić information content (AvgIpc) is 2.53. The first kappa shape index (κ1) is 16.0. The third kappa shape index (κ3) is 3.12. The van der Waals surface area contributed by atoms with Crippen LogP contribution in [0, 0.1) is 11.8 Å². The molecule has 0 aromatic carbocycles. The summed E-state index contributed by atoms with van der Waals surface area (Å²) in [4.78, 5) is 25.0. The molecule has 0 aromatic rings. The molecule has 124 valence electrons. The maximum atomic E-state index is 12.5. The molecule has 0 spiro atoms. The molecule has 0 fully saturated rings. The van der Waals surface area contributed by atoms with Crippen molar-refractivity contribution < 1.29 is 19.8 Å². The Bertz CT molecular complexity index is 567. The highest BCUT2D eigenvalue weighted by molar-refractivity contribution is 6.03. The molecule has 0 saturated carbocycles. The van der Waals surface area contributed by atoms with E-state index in [2.05, 4.69) is 12.2 Å². The van der Waals surface area contributed by atoms with Crippen LogP contribution in [0.4, 0.5) is 0 Å². The Hall–Kier alpha value is -1.84. The summed E-state index contributed by atoms with van der Waals surface area (Å²) in [6, 6.07) is 0. The van der Waals surface area contributed by atoms with Crippen molar-refractivity contribution in [2.45, 2.75) is 57.8 Å². The molecule has 0 unspecified atom stereocenters. The highest BCUT2D eigenvalue weighted by atomic mass is 16.3. The van der Waals surface area contributed by atoms with Gasteiger partial charge in [0.05, 0.1) is 11.5 Å². The molecule has 0 saturated heterocycles. The molecule has 0 aromatic heterocycles. The minimum atomic E-state index is -0.444. The highest BCUT2D eigenvalue weighted by Crippen LogP contribution is 2.43. The smallest absolute Gasteiger partial charge is 0.162 e. The number of carbonyl (C=O) groups is 2. The Labute approximate surface area is 136 Å². The van der Waals surface area contributed by atoms with E-state index in [9.17, 15) is 19.8 Å². The normalized spacial score (nSPS) is 26.4. The summed E-state index contributed by atoms with van der Waals surface area (Å²) in [7, 11) is 0. The van der Waals surface area contributed by atoms with Crippen LogP contribution in [0.2, 0.25) is 0 Å². The van der Waals surface area contributed by atoms with Crippen molar-refractivity contribution in [2.24, 2.45) is 11.8 Å². The summed E-state index contributed by atoms with van der Waals surface area (Å²) in [6.45, 7) is 0. The summed E-state index contributed by atoms with van der Waals surface area (Å²) in [5.74, 6) is -0.225. The van der Waals surface area contributed by atoms with Gasteiger partial charge in [-0.3, -0.25) is 9.59 Å². The number of ketones is 2. The lowest BCUT2D eigenvalue weighted by atomic mass is 9.69. The SMILES string of the molecule is O=C1CCCC(O)=C1C(C1=C(O)CCCC1=O)[C@H]1CC=CCC1. The number of aliphatic hydroxyl groups excluding tert-OH is 2. The first-order chi connectivity index (χ1) is 11.1. The Balaban J connectivity index is 2.09. The van der Waals surface area contributed by atoms with E-state index in [0.717, 1.165) is 19.3 Å². The van der Waals surface area contributed by atoms with Crippen molar-refractivity contribution in [1.29, 1.82) is 0 Å². The Morgan fingerprint density at radius 3 is 1.87 bits per heavy atom. The van der Waals surface area contributed by atoms with Gasteiger partial charge in [-0.1, -0.05) is 12.2 Å². The molecule has 3 aliphatic rings. The van der Waals surface area contributed by atoms with Crippen molar-refractivity contribution in [2.75, 3.05) is 0 Å². The monoisotopic (exact) mass is 316 g/mol. The average molecular weight is 316 g/mol. The molecule has 1 atom stereocenters. The van der Waals surface area contributed by atoms with Gasteiger partial charge >= 0.3 is 0 Å². The zero-order chi connectivity index (χ0) is 16.4. The first-order valence-corrected chi connectivity index (χ1v) is 8.65. The first-order valence-electron chi connectivity index (χ1n) is 8.65. The molecular weight excluding hydrogens is 292 g/mol. The van der Waals surface area contributed by atoms with E-state index < -0.39 is 5.92 Å². The lowest BCUT2D eigenvalue weighted by Gasteiger charge is -2.34. The predicted octanol–water partition coefficient (Wildman–Crippen LogP) is 4.09. The Kier molecular flexibility index (Phi) is 4.69. The van der Waals surface area contributed by atoms with Gasteiger partial charge in [0.15, 0.2) is 11.6 Å². The van der Waals surface area contributed by atoms with Crippen LogP contribution in [0.1, 0.15) is 57.8 Å². The number of Topliss-reactive ketones (excluding diaryl/α,β-unsaturated/α-hetero) is 2. The lowest BCUT2D eigenvalue weighted by molar-refractivity contribution is -0.117. The molecule has 4 nitrogen and oxygen atoms in total. The number of aliphatic hydroxyl groups is 2. The van der Waals surface area contributed by atoms with Crippen LogP contribution in [0.15, 0.2) is 34.8 Å². The molecule has 4 heteroatoms. The highest BCUT2D eigenvalue weighted by Gasteiger charge is 2.40. The molecule has 0 amide bonds. The molecular formula is C19H24O4. The van der Waals surface area contributed by atoms with Crippen LogP contribution < -0.4 is 0 Å². The Morgan fingerprint density at radius 2 is 1.43 bits per heavy atom. The van der Waals surface area contributed by atoms with Gasteiger partial charge in [0.1, 0.15) is 0 Å². The van der Waals surface area contributed by atoms with Crippen molar-refractivity contribution in [3.63, 3.8) is 0 Å². The minimum Gasteiger partial charge on any atom is -0.512 e. The van der Waals surface area contributed by atoms with E-state index >= 15 is 0 Å². The van der Waals surface area contributed by atoms with Crippen molar-refractivity contribution >= 4 is 11.6 Å². The molecule has 0 heterocycles. The van der Waals surface area contributed by atoms with Gasteiger partial charge in [-0.25, -0.2) is 0 Å². The summed E-state index contributed by atoms with van der Waals surface area (Å²) >= 11 is 0. The van der Waals surface area contributed by atoms with Gasteiger partial charge in [0.2, 0.25) is 0 Å². The standard InChI is InChI=1S/C19H24O4/c20-13-8-4-9-14(21)18(13)17(12-6-2-1-3-7-12)19-15(22)10-5-11-16(19)23/h1-2,12,17,20,22H,3-11H2/t12-/m0/s1. The summed E-state index contributed by atoms with van der Waals surface area (Å²) in [5.41, 5.74) is 0.793. The van der Waals surface area contributed by atoms with Crippen LogP contribution >= 0.6 is 0 Å². The molecule has 3 aliphatic carbocycles. The van der Waals surface area contributed by atoms with Crippen molar-refractivity contribution in [3.05, 3.63) is 34.8 Å².